The van der Waals surface area contributed by atoms with Crippen molar-refractivity contribution in [2.24, 2.45) is 11.3 Å². The third-order valence-corrected chi connectivity index (χ3v) is 3.66. The Morgan fingerprint density at radius 1 is 1.08 bits per heavy atom. The third-order valence-electron chi connectivity index (χ3n) is 3.66. The molecule has 2 heteroatoms. The minimum absolute atomic E-state index is 0.114. The predicted molar refractivity (Wildman–Crippen MR) is 55.3 cm³/mol. The Kier molecular flexibility index (Phi) is 5.57. The summed E-state index contributed by atoms with van der Waals surface area (Å²) in [6.45, 7) is 8.64. The van der Waals surface area contributed by atoms with Gasteiger partial charge in [0.2, 0.25) is 0 Å². The van der Waals surface area contributed by atoms with Gasteiger partial charge in [-0.3, -0.25) is 0 Å². The van der Waals surface area contributed by atoms with E-state index in [0.29, 0.717) is 12.3 Å². The maximum absolute atomic E-state index is 9.05. The Balaban J connectivity index is 4.48. The molecule has 0 rings (SSSR count). The largest absolute Gasteiger partial charge is 0.368 e. The molecule has 0 spiro atoms. The average Bonchev–Trinajstić information content (AvgIpc) is 2.12. The molecule has 0 aliphatic heterocycles. The van der Waals surface area contributed by atoms with Gasteiger partial charge in [0.1, 0.15) is 0 Å². The van der Waals surface area contributed by atoms with Crippen LogP contribution in [0, 0.1) is 11.3 Å². The van der Waals surface area contributed by atoms with E-state index >= 15 is 0 Å². The van der Waals surface area contributed by atoms with E-state index in [1.54, 1.807) is 0 Å². The van der Waals surface area contributed by atoms with Crippen molar-refractivity contribution in [3.63, 3.8) is 0 Å². The van der Waals surface area contributed by atoms with Gasteiger partial charge in [-0.1, -0.05) is 47.0 Å². The highest BCUT2D eigenvalue weighted by atomic mass is 16.5. The highest BCUT2D eigenvalue weighted by Gasteiger charge is 2.33. The molecule has 2 nitrogen and oxygen atoms in total. The Morgan fingerprint density at radius 3 is 1.77 bits per heavy atom. The van der Waals surface area contributed by atoms with Gasteiger partial charge in [0, 0.05) is 6.42 Å². The second kappa shape index (κ2) is 5.61. The van der Waals surface area contributed by atoms with Crippen LogP contribution in [0.2, 0.25) is 0 Å². The molecule has 0 bridgehead atoms. The highest BCUT2D eigenvalue weighted by Crippen LogP contribution is 2.41. The summed E-state index contributed by atoms with van der Waals surface area (Å²) in [6.07, 6.45) is 2.50. The fraction of sp³-hybridized carbons (Fsp3) is 1.00. The lowest BCUT2D eigenvalue weighted by atomic mass is 9.68. The van der Waals surface area contributed by atoms with E-state index in [9.17, 15) is 0 Å². The molecular weight excluding hydrogens is 164 g/mol. The monoisotopic (exact) mass is 188 g/mol. The van der Waals surface area contributed by atoms with Crippen LogP contribution in [0.5, 0.6) is 0 Å². The molecule has 0 aliphatic rings. The zero-order valence-electron chi connectivity index (χ0n) is 9.38. The first kappa shape index (κ1) is 12.9. The van der Waals surface area contributed by atoms with Crippen molar-refractivity contribution in [1.82, 2.24) is 0 Å². The predicted octanol–water partition coefficient (Wildman–Crippen LogP) is 2.54. The first-order chi connectivity index (χ1) is 6.02. The molecule has 80 valence electrons. The van der Waals surface area contributed by atoms with Crippen LogP contribution >= 0.6 is 0 Å². The second-order valence-electron chi connectivity index (χ2n) is 4.06. The minimum Gasteiger partial charge on any atom is -0.368 e. The van der Waals surface area contributed by atoms with Crippen LogP contribution in [0.4, 0.5) is 0 Å². The van der Waals surface area contributed by atoms with Gasteiger partial charge < -0.3 is 10.2 Å². The minimum atomic E-state index is -1.16. The van der Waals surface area contributed by atoms with Crippen LogP contribution in [0.1, 0.15) is 53.4 Å². The van der Waals surface area contributed by atoms with Gasteiger partial charge >= 0.3 is 0 Å². The molecule has 0 aromatic carbocycles. The lowest BCUT2D eigenvalue weighted by Gasteiger charge is -2.38. The summed E-state index contributed by atoms with van der Waals surface area (Å²) in [6, 6.07) is 0. The van der Waals surface area contributed by atoms with E-state index in [-0.39, 0.29) is 5.41 Å². The van der Waals surface area contributed by atoms with Crippen LogP contribution in [0.3, 0.4) is 0 Å². The smallest absolute Gasteiger partial charge is 0.151 e. The first-order valence-electron chi connectivity index (χ1n) is 5.38. The molecule has 0 radical (unpaired) electrons. The number of aliphatic hydroxyl groups excluding tert-OH is 1. The molecule has 0 aromatic rings. The van der Waals surface area contributed by atoms with Crippen LogP contribution in [-0.4, -0.2) is 16.5 Å². The SMILES string of the molecule is CCC(C)C(CC)(CC)CC(O)O. The summed E-state index contributed by atoms with van der Waals surface area (Å²) < 4.78 is 0. The molecular formula is C11H24O2. The second-order valence-corrected chi connectivity index (χ2v) is 4.06. The summed E-state index contributed by atoms with van der Waals surface area (Å²) in [5.74, 6) is 0.560. The Morgan fingerprint density at radius 2 is 1.54 bits per heavy atom. The molecule has 0 saturated heterocycles. The van der Waals surface area contributed by atoms with E-state index in [0.717, 1.165) is 19.3 Å². The number of aliphatic hydroxyl groups is 2. The van der Waals surface area contributed by atoms with Gasteiger partial charge in [0.15, 0.2) is 6.29 Å². The van der Waals surface area contributed by atoms with E-state index in [2.05, 4.69) is 27.7 Å². The molecule has 0 heterocycles. The van der Waals surface area contributed by atoms with Crippen molar-refractivity contribution in [2.45, 2.75) is 59.7 Å². The Labute approximate surface area is 82.0 Å². The number of rotatable bonds is 6. The van der Waals surface area contributed by atoms with Crippen molar-refractivity contribution in [1.29, 1.82) is 0 Å². The van der Waals surface area contributed by atoms with Crippen molar-refractivity contribution in [2.75, 3.05) is 0 Å². The number of hydrogen-bond donors (Lipinski definition) is 2. The zero-order valence-corrected chi connectivity index (χ0v) is 9.38. The lowest BCUT2D eigenvalue weighted by Crippen LogP contribution is -2.31. The standard InChI is InChI=1S/C11H24O2/c1-5-9(4)11(6-2,7-3)8-10(12)13/h9-10,12-13H,5-8H2,1-4H3. The van der Waals surface area contributed by atoms with Gasteiger partial charge in [-0.2, -0.15) is 0 Å². The zero-order chi connectivity index (χ0) is 10.5. The van der Waals surface area contributed by atoms with E-state index in [1.807, 2.05) is 0 Å². The highest BCUT2D eigenvalue weighted by molar-refractivity contribution is 4.82. The third kappa shape index (κ3) is 3.28. The van der Waals surface area contributed by atoms with Crippen LogP contribution in [0.25, 0.3) is 0 Å². The van der Waals surface area contributed by atoms with Crippen LogP contribution in [0.15, 0.2) is 0 Å². The van der Waals surface area contributed by atoms with Gasteiger partial charge in [0.25, 0.3) is 0 Å². The van der Waals surface area contributed by atoms with Crippen LogP contribution < -0.4 is 0 Å². The maximum atomic E-state index is 9.05. The molecule has 0 fully saturated rings. The molecule has 13 heavy (non-hydrogen) atoms. The van der Waals surface area contributed by atoms with E-state index < -0.39 is 6.29 Å². The maximum Gasteiger partial charge on any atom is 0.151 e. The lowest BCUT2D eigenvalue weighted by molar-refractivity contribution is -0.0857. The molecule has 1 atom stereocenters. The van der Waals surface area contributed by atoms with Crippen molar-refractivity contribution in [3.05, 3.63) is 0 Å². The van der Waals surface area contributed by atoms with Gasteiger partial charge in [0.05, 0.1) is 0 Å². The van der Waals surface area contributed by atoms with Crippen LogP contribution in [-0.2, 0) is 0 Å². The molecule has 0 amide bonds. The summed E-state index contributed by atoms with van der Waals surface area (Å²) in [5, 5.41) is 18.1. The van der Waals surface area contributed by atoms with Gasteiger partial charge in [-0.25, -0.2) is 0 Å². The quantitative estimate of drug-likeness (QED) is 0.629. The molecule has 2 N–H and O–H groups in total. The Hall–Kier alpha value is -0.0800. The summed E-state index contributed by atoms with van der Waals surface area (Å²) >= 11 is 0. The normalized spacial score (nSPS) is 15.0. The fourth-order valence-corrected chi connectivity index (χ4v) is 2.23. The molecule has 1 unspecified atom stereocenters. The average molecular weight is 188 g/mol. The summed E-state index contributed by atoms with van der Waals surface area (Å²) in [4.78, 5) is 0. The van der Waals surface area contributed by atoms with Crippen molar-refractivity contribution < 1.29 is 10.2 Å². The van der Waals surface area contributed by atoms with E-state index in [1.165, 1.54) is 0 Å². The topological polar surface area (TPSA) is 40.5 Å². The fourth-order valence-electron chi connectivity index (χ4n) is 2.23. The first-order valence-corrected chi connectivity index (χ1v) is 5.38. The van der Waals surface area contributed by atoms with Crippen molar-refractivity contribution >= 4 is 0 Å². The van der Waals surface area contributed by atoms with E-state index in [4.69, 9.17) is 10.2 Å². The molecule has 0 aromatic heterocycles. The number of hydrogen-bond acceptors (Lipinski definition) is 2. The van der Waals surface area contributed by atoms with Gasteiger partial charge in [-0.15, -0.1) is 0 Å². The molecule has 0 aliphatic carbocycles. The van der Waals surface area contributed by atoms with Gasteiger partial charge in [-0.05, 0) is 11.3 Å². The summed E-state index contributed by atoms with van der Waals surface area (Å²) in [7, 11) is 0. The van der Waals surface area contributed by atoms with Crippen molar-refractivity contribution in [3.8, 4) is 0 Å². The molecule has 0 saturated carbocycles. The Bertz CT molecular complexity index is 128. The summed E-state index contributed by atoms with van der Waals surface area (Å²) in [5.41, 5.74) is 0.114.